The summed E-state index contributed by atoms with van der Waals surface area (Å²) in [6.07, 6.45) is 11.2. The van der Waals surface area contributed by atoms with Crippen LogP contribution in [0.1, 0.15) is 66.2 Å². The molecule has 1 nitrogen and oxygen atoms in total. The third-order valence-electron chi connectivity index (χ3n) is 6.92. The Balaban J connectivity index is 1.86. The highest BCUT2D eigenvalue weighted by Crippen LogP contribution is 2.68. The quantitative estimate of drug-likeness (QED) is 0.599. The highest BCUT2D eigenvalue weighted by Gasteiger charge is 2.61. The molecule has 1 aliphatic carbocycles. The lowest BCUT2D eigenvalue weighted by Gasteiger charge is -2.40. The maximum Gasteiger partial charge on any atom is 0.00807 e. The second-order valence-corrected chi connectivity index (χ2v) is 12.9. The van der Waals surface area contributed by atoms with Crippen LogP contribution in [0.2, 0.25) is 0 Å². The van der Waals surface area contributed by atoms with E-state index >= 15 is 0 Å². The molecule has 0 spiro atoms. The normalized spacial score (nSPS) is 37.7. The summed E-state index contributed by atoms with van der Waals surface area (Å²) in [5, 5.41) is 0.926. The Morgan fingerprint density at radius 2 is 1.81 bits per heavy atom. The number of hydrogen-bond acceptors (Lipinski definition) is 1. The first-order valence-corrected chi connectivity index (χ1v) is 11.7. The molecule has 3 atom stereocenters. The Bertz CT molecular complexity index is 349. The average Bonchev–Trinajstić information content (AvgIpc) is 2.77. The molecule has 0 amide bonds. The summed E-state index contributed by atoms with van der Waals surface area (Å²) in [7, 11) is 2.08. The van der Waals surface area contributed by atoms with E-state index in [1.165, 1.54) is 63.1 Å². The van der Waals surface area contributed by atoms with Crippen molar-refractivity contribution >= 4 is 10.0 Å². The maximum atomic E-state index is 2.67. The summed E-state index contributed by atoms with van der Waals surface area (Å²) in [5.74, 6) is 3.07. The molecule has 0 bridgehead atoms. The third-order valence-corrected chi connectivity index (χ3v) is 11.5. The van der Waals surface area contributed by atoms with Gasteiger partial charge in [0.05, 0.1) is 0 Å². The molecule has 1 aliphatic heterocycles. The number of hydrogen-bond donors (Lipinski definition) is 0. The van der Waals surface area contributed by atoms with E-state index in [9.17, 15) is 0 Å². The van der Waals surface area contributed by atoms with Gasteiger partial charge in [-0.1, -0.05) is 34.1 Å². The summed E-state index contributed by atoms with van der Waals surface area (Å²) >= 11 is 0. The molecule has 2 rings (SSSR count). The zero-order valence-electron chi connectivity index (χ0n) is 15.5. The first-order chi connectivity index (χ1) is 9.81. The van der Waals surface area contributed by atoms with Gasteiger partial charge in [0.25, 0.3) is 0 Å². The second-order valence-electron chi connectivity index (χ2n) is 8.59. The van der Waals surface area contributed by atoms with Crippen molar-refractivity contribution in [2.75, 3.05) is 37.9 Å². The van der Waals surface area contributed by atoms with E-state index in [2.05, 4.69) is 45.9 Å². The smallest absolute Gasteiger partial charge is 0.00807 e. The lowest BCUT2D eigenvalue weighted by atomic mass is 9.87. The Kier molecular flexibility index (Phi) is 5.41. The topological polar surface area (TPSA) is 3.24 Å². The Labute approximate surface area is 135 Å². The molecule has 2 heteroatoms. The highest BCUT2D eigenvalue weighted by atomic mass is 32.3. The van der Waals surface area contributed by atoms with Crippen molar-refractivity contribution < 1.29 is 0 Å². The molecule has 2 aliphatic rings. The van der Waals surface area contributed by atoms with E-state index in [4.69, 9.17) is 0 Å². The summed E-state index contributed by atoms with van der Waals surface area (Å²) in [4.78, 5) is 2.67. The molecule has 2 fully saturated rings. The van der Waals surface area contributed by atoms with E-state index < -0.39 is 0 Å². The van der Waals surface area contributed by atoms with Crippen molar-refractivity contribution in [3.63, 3.8) is 0 Å². The van der Waals surface area contributed by atoms with Gasteiger partial charge in [-0.3, -0.25) is 0 Å². The predicted molar refractivity (Wildman–Crippen MR) is 99.8 cm³/mol. The van der Waals surface area contributed by atoms with Crippen molar-refractivity contribution in [2.24, 2.45) is 10.8 Å². The summed E-state index contributed by atoms with van der Waals surface area (Å²) in [5.41, 5.74) is 1.27. The number of rotatable bonds is 8. The molecule has 1 saturated carbocycles. The van der Waals surface area contributed by atoms with Crippen LogP contribution >= 0.6 is 10.0 Å². The molecule has 126 valence electrons. The van der Waals surface area contributed by atoms with Gasteiger partial charge in [-0.05, 0) is 73.0 Å². The van der Waals surface area contributed by atoms with Crippen LogP contribution < -0.4 is 0 Å². The van der Waals surface area contributed by atoms with Gasteiger partial charge < -0.3 is 4.90 Å². The van der Waals surface area contributed by atoms with Crippen LogP contribution in [0, 0.1) is 10.8 Å². The van der Waals surface area contributed by atoms with E-state index in [-0.39, 0.29) is 10.0 Å². The molecular formula is C19H39NS. The summed E-state index contributed by atoms with van der Waals surface area (Å²) < 4.78 is 0. The fourth-order valence-electron chi connectivity index (χ4n) is 5.17. The Hall–Kier alpha value is 0.310. The molecule has 2 unspecified atom stereocenters. The largest absolute Gasteiger partial charge is 0.305 e. The van der Waals surface area contributed by atoms with E-state index in [1.807, 2.05) is 0 Å². The lowest BCUT2D eigenvalue weighted by molar-refractivity contribution is 0.220. The summed E-state index contributed by atoms with van der Waals surface area (Å²) in [6.45, 7) is 12.5. The van der Waals surface area contributed by atoms with Gasteiger partial charge in [0.15, 0.2) is 0 Å². The minimum atomic E-state index is -0.299. The summed E-state index contributed by atoms with van der Waals surface area (Å²) in [6, 6.07) is 0. The Morgan fingerprint density at radius 1 is 1.19 bits per heavy atom. The average molecular weight is 314 g/mol. The van der Waals surface area contributed by atoms with E-state index in [0.717, 1.165) is 5.25 Å². The molecule has 0 aromatic heterocycles. The molecule has 0 aromatic rings. The molecule has 1 heterocycles. The molecule has 21 heavy (non-hydrogen) atoms. The van der Waals surface area contributed by atoms with Crippen LogP contribution in [-0.2, 0) is 0 Å². The van der Waals surface area contributed by atoms with E-state index in [0.29, 0.717) is 10.8 Å². The van der Waals surface area contributed by atoms with Crippen LogP contribution in [-0.4, -0.2) is 48.0 Å². The molecule has 1 saturated heterocycles. The third kappa shape index (κ3) is 3.47. The zero-order valence-corrected chi connectivity index (χ0v) is 16.3. The van der Waals surface area contributed by atoms with Gasteiger partial charge in [-0.25, -0.2) is 10.0 Å². The molecule has 0 radical (unpaired) electrons. The van der Waals surface area contributed by atoms with Crippen molar-refractivity contribution in [3.8, 4) is 0 Å². The van der Waals surface area contributed by atoms with Crippen LogP contribution in [0.25, 0.3) is 0 Å². The zero-order chi connectivity index (χ0) is 15.7. The van der Waals surface area contributed by atoms with Crippen LogP contribution in [0.3, 0.4) is 0 Å². The number of nitrogens with zero attached hydrogens (tertiary/aromatic N) is 1. The van der Waals surface area contributed by atoms with Crippen LogP contribution in [0.5, 0.6) is 0 Å². The van der Waals surface area contributed by atoms with Gasteiger partial charge in [-0.15, -0.1) is 0 Å². The first-order valence-electron chi connectivity index (χ1n) is 9.22. The lowest BCUT2D eigenvalue weighted by Crippen LogP contribution is -2.36. The van der Waals surface area contributed by atoms with Gasteiger partial charge in [0, 0.05) is 13.1 Å². The fraction of sp³-hybridized carbons (Fsp3) is 1.00. The van der Waals surface area contributed by atoms with E-state index in [1.54, 1.807) is 0 Å². The predicted octanol–water partition coefficient (Wildman–Crippen LogP) is 5.14. The van der Waals surface area contributed by atoms with Gasteiger partial charge in [0.1, 0.15) is 0 Å². The van der Waals surface area contributed by atoms with Gasteiger partial charge in [0.2, 0.25) is 0 Å². The fourth-order valence-corrected chi connectivity index (χ4v) is 8.52. The van der Waals surface area contributed by atoms with Crippen LogP contribution in [0.4, 0.5) is 0 Å². The molecule has 0 N–H and O–H groups in total. The van der Waals surface area contributed by atoms with Crippen LogP contribution in [0.15, 0.2) is 0 Å². The van der Waals surface area contributed by atoms with Crippen molar-refractivity contribution in [1.29, 1.82) is 0 Å². The van der Waals surface area contributed by atoms with Gasteiger partial charge >= 0.3 is 0 Å². The van der Waals surface area contributed by atoms with Crippen molar-refractivity contribution in [3.05, 3.63) is 0 Å². The standard InChI is InChI=1S/C19H39NS/c1-7-11-19(8-2)15-18(19,4)16-20(5)14-17(3)21(6)12-9-10-13-21/h17H,7-16H2,1-6H3/t17?,18-,19?/m0/s1. The van der Waals surface area contributed by atoms with Crippen molar-refractivity contribution in [1.82, 2.24) is 4.90 Å². The molecule has 0 aromatic carbocycles. The minimum Gasteiger partial charge on any atom is -0.305 e. The molecular weight excluding hydrogens is 274 g/mol. The van der Waals surface area contributed by atoms with Gasteiger partial charge in [-0.2, -0.15) is 0 Å². The SMILES string of the molecule is CCCC1(CC)C[C@@]1(C)CN(C)CC(C)S1(C)CCCC1. The van der Waals surface area contributed by atoms with Crippen molar-refractivity contribution in [2.45, 2.75) is 71.5 Å². The minimum absolute atomic E-state index is 0.299. The highest BCUT2D eigenvalue weighted by molar-refractivity contribution is 8.33. The monoisotopic (exact) mass is 313 g/mol. The first kappa shape index (κ1) is 17.7. The maximum absolute atomic E-state index is 2.67. The Morgan fingerprint density at radius 3 is 2.33 bits per heavy atom. The second kappa shape index (κ2) is 6.43.